The standard InChI is InChI=1S/C17H21N3O4/c1-3-5-12-8-11(9-14(15(12)21)24-4-2)10-18-20-17(23)16(22)19-13-6-7-13/h3,8-10,13,21H,1,4-7H2,2H3,(H,19,22)(H,20,23)/b18-10+. The van der Waals surface area contributed by atoms with Gasteiger partial charge >= 0.3 is 11.8 Å². The van der Waals surface area contributed by atoms with Crippen molar-refractivity contribution in [2.24, 2.45) is 5.10 Å². The number of hydrazone groups is 1. The Morgan fingerprint density at radius 3 is 2.79 bits per heavy atom. The SMILES string of the molecule is C=CCc1cc(/C=N/NC(=O)C(=O)NC2CC2)cc(OCC)c1O. The van der Waals surface area contributed by atoms with Gasteiger partial charge in [-0.05, 0) is 43.9 Å². The molecule has 2 amide bonds. The number of carbonyl (C=O) groups excluding carboxylic acids is 2. The molecule has 0 heterocycles. The van der Waals surface area contributed by atoms with Crippen molar-refractivity contribution in [3.63, 3.8) is 0 Å². The molecule has 1 aromatic rings. The number of rotatable bonds is 7. The van der Waals surface area contributed by atoms with Crippen LogP contribution < -0.4 is 15.5 Å². The van der Waals surface area contributed by atoms with Crippen molar-refractivity contribution in [3.05, 3.63) is 35.9 Å². The average molecular weight is 331 g/mol. The maximum Gasteiger partial charge on any atom is 0.329 e. The summed E-state index contributed by atoms with van der Waals surface area (Å²) in [6.07, 6.45) is 5.32. The Balaban J connectivity index is 2.05. The second-order valence-corrected chi connectivity index (χ2v) is 5.40. The van der Waals surface area contributed by atoms with E-state index < -0.39 is 11.8 Å². The van der Waals surface area contributed by atoms with Crippen molar-refractivity contribution in [2.75, 3.05) is 6.61 Å². The van der Waals surface area contributed by atoms with Gasteiger partial charge in [-0.25, -0.2) is 5.43 Å². The van der Waals surface area contributed by atoms with Gasteiger partial charge in [-0.1, -0.05) is 6.08 Å². The normalized spacial score (nSPS) is 13.5. The number of carbonyl (C=O) groups is 2. The van der Waals surface area contributed by atoms with Crippen molar-refractivity contribution in [1.82, 2.24) is 10.7 Å². The van der Waals surface area contributed by atoms with E-state index in [9.17, 15) is 14.7 Å². The molecule has 1 saturated carbocycles. The van der Waals surface area contributed by atoms with E-state index in [2.05, 4.69) is 22.4 Å². The number of phenolic OH excluding ortho intramolecular Hbond substituents is 1. The Hall–Kier alpha value is -2.83. The molecule has 7 nitrogen and oxygen atoms in total. The summed E-state index contributed by atoms with van der Waals surface area (Å²) >= 11 is 0. The number of phenols is 1. The fourth-order valence-electron chi connectivity index (χ4n) is 2.04. The topological polar surface area (TPSA) is 100 Å². The molecule has 3 N–H and O–H groups in total. The van der Waals surface area contributed by atoms with Crippen LogP contribution in [0.4, 0.5) is 0 Å². The highest BCUT2D eigenvalue weighted by molar-refractivity contribution is 6.35. The predicted octanol–water partition coefficient (Wildman–Crippen LogP) is 1.25. The van der Waals surface area contributed by atoms with Crippen LogP contribution >= 0.6 is 0 Å². The van der Waals surface area contributed by atoms with E-state index in [0.29, 0.717) is 29.9 Å². The first kappa shape index (κ1) is 17.5. The van der Waals surface area contributed by atoms with Crippen molar-refractivity contribution in [2.45, 2.75) is 32.2 Å². The zero-order chi connectivity index (χ0) is 17.5. The van der Waals surface area contributed by atoms with Crippen LogP contribution in [0.15, 0.2) is 29.9 Å². The minimum absolute atomic E-state index is 0.0572. The first-order valence-electron chi connectivity index (χ1n) is 7.78. The number of ether oxygens (including phenoxy) is 1. The molecule has 0 spiro atoms. The van der Waals surface area contributed by atoms with Gasteiger partial charge in [-0.15, -0.1) is 6.58 Å². The predicted molar refractivity (Wildman–Crippen MR) is 90.1 cm³/mol. The van der Waals surface area contributed by atoms with E-state index in [1.54, 1.807) is 18.2 Å². The Labute approximate surface area is 140 Å². The van der Waals surface area contributed by atoms with Crippen LogP contribution in [0.3, 0.4) is 0 Å². The summed E-state index contributed by atoms with van der Waals surface area (Å²) < 4.78 is 5.38. The quantitative estimate of drug-likeness (QED) is 0.303. The van der Waals surface area contributed by atoms with Gasteiger partial charge in [0.2, 0.25) is 0 Å². The van der Waals surface area contributed by atoms with E-state index in [1.165, 1.54) is 6.21 Å². The molecule has 1 aliphatic rings. The number of nitrogens with one attached hydrogen (secondary N) is 2. The van der Waals surface area contributed by atoms with Crippen LogP contribution in [0.5, 0.6) is 11.5 Å². The van der Waals surface area contributed by atoms with E-state index >= 15 is 0 Å². The van der Waals surface area contributed by atoms with Crippen LogP contribution in [-0.4, -0.2) is 35.8 Å². The molecule has 0 unspecified atom stereocenters. The number of hydrogen-bond donors (Lipinski definition) is 3. The molecule has 0 radical (unpaired) electrons. The Morgan fingerprint density at radius 2 is 2.17 bits per heavy atom. The summed E-state index contributed by atoms with van der Waals surface area (Å²) in [5, 5.41) is 16.5. The zero-order valence-electron chi connectivity index (χ0n) is 13.5. The van der Waals surface area contributed by atoms with Crippen molar-refractivity contribution >= 4 is 18.0 Å². The van der Waals surface area contributed by atoms with Gasteiger partial charge in [0.15, 0.2) is 11.5 Å². The molecule has 1 aromatic carbocycles. The van der Waals surface area contributed by atoms with E-state index in [0.717, 1.165) is 12.8 Å². The van der Waals surface area contributed by atoms with Crippen molar-refractivity contribution in [3.8, 4) is 11.5 Å². The molecule has 24 heavy (non-hydrogen) atoms. The lowest BCUT2D eigenvalue weighted by Gasteiger charge is -2.10. The molecule has 1 aliphatic carbocycles. The largest absolute Gasteiger partial charge is 0.504 e. The second-order valence-electron chi connectivity index (χ2n) is 5.40. The molecule has 0 aromatic heterocycles. The molecule has 0 saturated heterocycles. The zero-order valence-corrected chi connectivity index (χ0v) is 13.5. The van der Waals surface area contributed by atoms with Crippen LogP contribution in [0.25, 0.3) is 0 Å². The van der Waals surface area contributed by atoms with Crippen molar-refractivity contribution < 1.29 is 19.4 Å². The summed E-state index contributed by atoms with van der Waals surface area (Å²) in [6.45, 7) is 5.86. The molecule has 1 fully saturated rings. The summed E-state index contributed by atoms with van der Waals surface area (Å²) in [5.74, 6) is -1.12. The highest BCUT2D eigenvalue weighted by Gasteiger charge is 2.26. The Morgan fingerprint density at radius 1 is 1.42 bits per heavy atom. The van der Waals surface area contributed by atoms with Gasteiger partial charge in [0.05, 0.1) is 12.8 Å². The van der Waals surface area contributed by atoms with Crippen LogP contribution in [0.1, 0.15) is 30.9 Å². The Kier molecular flexibility index (Phi) is 5.95. The molecule has 2 rings (SSSR count). The maximum absolute atomic E-state index is 11.6. The number of benzene rings is 1. The van der Waals surface area contributed by atoms with Crippen LogP contribution in [0, 0.1) is 0 Å². The monoisotopic (exact) mass is 331 g/mol. The lowest BCUT2D eigenvalue weighted by molar-refractivity contribution is -0.139. The Bertz CT molecular complexity index is 666. The lowest BCUT2D eigenvalue weighted by Crippen LogP contribution is -2.38. The summed E-state index contributed by atoms with van der Waals surface area (Å²) in [4.78, 5) is 23.1. The number of amides is 2. The average Bonchev–Trinajstić information content (AvgIpc) is 3.36. The fourth-order valence-corrected chi connectivity index (χ4v) is 2.04. The second kappa shape index (κ2) is 8.14. The smallest absolute Gasteiger partial charge is 0.329 e. The molecule has 0 bridgehead atoms. The third-order valence-corrected chi connectivity index (χ3v) is 3.34. The molecule has 7 heteroatoms. The van der Waals surface area contributed by atoms with E-state index in [-0.39, 0.29) is 11.8 Å². The highest BCUT2D eigenvalue weighted by atomic mass is 16.5. The van der Waals surface area contributed by atoms with Gasteiger partial charge in [0, 0.05) is 11.6 Å². The van der Waals surface area contributed by atoms with E-state index in [1.807, 2.05) is 6.92 Å². The van der Waals surface area contributed by atoms with Gasteiger partial charge in [-0.2, -0.15) is 5.10 Å². The molecular weight excluding hydrogens is 310 g/mol. The molecular formula is C17H21N3O4. The summed E-state index contributed by atoms with van der Waals surface area (Å²) in [7, 11) is 0. The third kappa shape index (κ3) is 4.84. The number of hydrogen-bond acceptors (Lipinski definition) is 5. The maximum atomic E-state index is 11.6. The summed E-state index contributed by atoms with van der Waals surface area (Å²) in [6, 6.07) is 3.42. The van der Waals surface area contributed by atoms with Crippen molar-refractivity contribution in [1.29, 1.82) is 0 Å². The van der Waals surface area contributed by atoms with E-state index in [4.69, 9.17) is 4.74 Å². The summed E-state index contributed by atoms with van der Waals surface area (Å²) in [5.41, 5.74) is 3.43. The number of allylic oxidation sites excluding steroid dienone is 1. The van der Waals surface area contributed by atoms with Crippen LogP contribution in [0.2, 0.25) is 0 Å². The first-order valence-corrected chi connectivity index (χ1v) is 7.78. The van der Waals surface area contributed by atoms with Crippen LogP contribution in [-0.2, 0) is 16.0 Å². The lowest BCUT2D eigenvalue weighted by atomic mass is 10.1. The fraction of sp³-hybridized carbons (Fsp3) is 0.353. The molecule has 128 valence electrons. The minimum Gasteiger partial charge on any atom is -0.504 e. The van der Waals surface area contributed by atoms with Gasteiger partial charge in [0.25, 0.3) is 0 Å². The minimum atomic E-state index is -0.812. The third-order valence-electron chi connectivity index (χ3n) is 3.34. The highest BCUT2D eigenvalue weighted by Crippen LogP contribution is 2.31. The van der Waals surface area contributed by atoms with Gasteiger partial charge in [-0.3, -0.25) is 9.59 Å². The molecule has 0 atom stereocenters. The first-order chi connectivity index (χ1) is 11.5. The van der Waals surface area contributed by atoms with Gasteiger partial charge < -0.3 is 15.2 Å². The number of nitrogens with zero attached hydrogens (tertiary/aromatic N) is 1. The van der Waals surface area contributed by atoms with Gasteiger partial charge in [0.1, 0.15) is 0 Å². The number of aromatic hydroxyl groups is 1. The molecule has 0 aliphatic heterocycles.